The smallest absolute Gasteiger partial charge is 0.137 e. The zero-order valence-corrected chi connectivity index (χ0v) is 11.1. The van der Waals surface area contributed by atoms with E-state index in [2.05, 4.69) is 17.2 Å². The lowest BCUT2D eigenvalue weighted by molar-refractivity contribution is 0.415. The fourth-order valence-electron chi connectivity index (χ4n) is 1.71. The first-order valence-electron chi connectivity index (χ1n) is 5.71. The van der Waals surface area contributed by atoms with Crippen molar-refractivity contribution in [3.8, 4) is 5.75 Å². The van der Waals surface area contributed by atoms with Crippen LogP contribution >= 0.6 is 11.6 Å². The van der Waals surface area contributed by atoms with E-state index in [-0.39, 0.29) is 6.04 Å². The number of pyridine rings is 1. The molecule has 0 fully saturated rings. The summed E-state index contributed by atoms with van der Waals surface area (Å²) in [6.07, 6.45) is 1.79. The van der Waals surface area contributed by atoms with Crippen LogP contribution in [0.1, 0.15) is 18.7 Å². The van der Waals surface area contributed by atoms with E-state index in [0.29, 0.717) is 10.8 Å². The van der Waals surface area contributed by atoms with Crippen LogP contribution in [-0.2, 0) is 0 Å². The number of aromatic nitrogens is 1. The lowest BCUT2D eigenvalue weighted by Crippen LogP contribution is -2.08. The van der Waals surface area contributed by atoms with Crippen molar-refractivity contribution in [3.05, 3.63) is 53.3 Å². The van der Waals surface area contributed by atoms with Crippen LogP contribution in [0, 0.1) is 0 Å². The Bertz CT molecular complexity index is 516. The van der Waals surface area contributed by atoms with E-state index in [9.17, 15) is 0 Å². The third-order valence-electron chi connectivity index (χ3n) is 2.67. The monoisotopic (exact) mass is 262 g/mol. The van der Waals surface area contributed by atoms with Crippen LogP contribution in [0.3, 0.4) is 0 Å². The topological polar surface area (TPSA) is 34.1 Å². The molecule has 1 aromatic heterocycles. The van der Waals surface area contributed by atoms with Gasteiger partial charge in [0.2, 0.25) is 0 Å². The van der Waals surface area contributed by atoms with Crippen LogP contribution in [0.5, 0.6) is 5.75 Å². The summed E-state index contributed by atoms with van der Waals surface area (Å²) in [7, 11) is 1.60. The molecule has 0 aliphatic carbocycles. The molecule has 4 heteroatoms. The number of hydrogen-bond acceptors (Lipinski definition) is 3. The summed E-state index contributed by atoms with van der Waals surface area (Å²) >= 11 is 6.08. The Hall–Kier alpha value is -1.74. The Balaban J connectivity index is 2.12. The molecule has 1 N–H and O–H groups in total. The molecule has 1 atom stereocenters. The summed E-state index contributed by atoms with van der Waals surface area (Å²) in [5.41, 5.74) is 1.93. The van der Waals surface area contributed by atoms with Gasteiger partial charge in [-0.05, 0) is 37.3 Å². The minimum absolute atomic E-state index is 0.121. The maximum atomic E-state index is 6.08. The Morgan fingerprint density at radius 3 is 2.72 bits per heavy atom. The van der Waals surface area contributed by atoms with Gasteiger partial charge in [-0.3, -0.25) is 4.98 Å². The first kappa shape index (κ1) is 12.7. The lowest BCUT2D eigenvalue weighted by Gasteiger charge is -2.15. The predicted molar refractivity (Wildman–Crippen MR) is 74.3 cm³/mol. The van der Waals surface area contributed by atoms with Crippen LogP contribution in [-0.4, -0.2) is 12.1 Å². The van der Waals surface area contributed by atoms with Crippen molar-refractivity contribution in [2.45, 2.75) is 13.0 Å². The lowest BCUT2D eigenvalue weighted by atomic mass is 10.2. The summed E-state index contributed by atoms with van der Waals surface area (Å²) in [5.74, 6) is 0.674. The molecule has 0 saturated carbocycles. The standard InChI is InChI=1S/C14H15ClN2O/c1-10(13-5-3-4-8-16-13)17-11-6-7-14(18-2)12(15)9-11/h3-10,17H,1-2H3. The number of methoxy groups -OCH3 is 1. The molecule has 2 aromatic rings. The number of ether oxygens (including phenoxy) is 1. The maximum absolute atomic E-state index is 6.08. The molecule has 94 valence electrons. The first-order chi connectivity index (χ1) is 8.70. The second-order valence-corrected chi connectivity index (χ2v) is 4.38. The third-order valence-corrected chi connectivity index (χ3v) is 2.96. The van der Waals surface area contributed by atoms with Gasteiger partial charge in [-0.15, -0.1) is 0 Å². The SMILES string of the molecule is COc1ccc(NC(C)c2ccccn2)cc1Cl. The molecule has 1 aromatic carbocycles. The summed E-state index contributed by atoms with van der Waals surface area (Å²) < 4.78 is 5.12. The minimum atomic E-state index is 0.121. The van der Waals surface area contributed by atoms with Gasteiger partial charge in [0.25, 0.3) is 0 Å². The fraction of sp³-hybridized carbons (Fsp3) is 0.214. The molecule has 1 heterocycles. The van der Waals surface area contributed by atoms with Crippen LogP contribution in [0.25, 0.3) is 0 Å². The first-order valence-corrected chi connectivity index (χ1v) is 6.09. The zero-order chi connectivity index (χ0) is 13.0. The second kappa shape index (κ2) is 5.74. The van der Waals surface area contributed by atoms with E-state index in [0.717, 1.165) is 11.4 Å². The normalized spacial score (nSPS) is 11.9. The molecule has 1 unspecified atom stereocenters. The van der Waals surface area contributed by atoms with Crippen molar-refractivity contribution in [1.29, 1.82) is 0 Å². The van der Waals surface area contributed by atoms with Crippen LogP contribution < -0.4 is 10.1 Å². The van der Waals surface area contributed by atoms with Gasteiger partial charge in [0.05, 0.1) is 23.9 Å². The summed E-state index contributed by atoms with van der Waals surface area (Å²) in [5, 5.41) is 3.94. The van der Waals surface area contributed by atoms with E-state index in [4.69, 9.17) is 16.3 Å². The summed E-state index contributed by atoms with van der Waals surface area (Å²) in [6.45, 7) is 2.06. The number of hydrogen-bond donors (Lipinski definition) is 1. The van der Waals surface area contributed by atoms with Gasteiger partial charge >= 0.3 is 0 Å². The van der Waals surface area contributed by atoms with Gasteiger partial charge in [-0.1, -0.05) is 17.7 Å². The van der Waals surface area contributed by atoms with Gasteiger partial charge in [0.15, 0.2) is 0 Å². The van der Waals surface area contributed by atoms with Crippen molar-refractivity contribution in [3.63, 3.8) is 0 Å². The Morgan fingerprint density at radius 2 is 2.11 bits per heavy atom. The molecule has 2 rings (SSSR count). The van der Waals surface area contributed by atoms with Crippen molar-refractivity contribution >= 4 is 17.3 Å². The molecule has 0 bridgehead atoms. The fourth-order valence-corrected chi connectivity index (χ4v) is 1.97. The molecule has 0 radical (unpaired) electrons. The molecular weight excluding hydrogens is 248 g/mol. The predicted octanol–water partition coefficient (Wildman–Crippen LogP) is 3.92. The molecule has 0 saturated heterocycles. The van der Waals surface area contributed by atoms with Crippen molar-refractivity contribution in [1.82, 2.24) is 4.98 Å². The van der Waals surface area contributed by atoms with Gasteiger partial charge in [-0.2, -0.15) is 0 Å². The van der Waals surface area contributed by atoms with Crippen LogP contribution in [0.2, 0.25) is 5.02 Å². The van der Waals surface area contributed by atoms with E-state index in [1.54, 1.807) is 13.3 Å². The van der Waals surface area contributed by atoms with Crippen LogP contribution in [0.15, 0.2) is 42.6 Å². The molecule has 0 amide bonds. The molecular formula is C14H15ClN2O. The van der Waals surface area contributed by atoms with E-state index in [1.807, 2.05) is 36.4 Å². The number of nitrogens with one attached hydrogen (secondary N) is 1. The van der Waals surface area contributed by atoms with E-state index in [1.165, 1.54) is 0 Å². The van der Waals surface area contributed by atoms with Gasteiger partial charge in [-0.25, -0.2) is 0 Å². The Labute approximate surface area is 112 Å². The van der Waals surface area contributed by atoms with Gasteiger partial charge in [0, 0.05) is 11.9 Å². The molecule has 0 spiro atoms. The number of benzene rings is 1. The molecule has 0 aliphatic heterocycles. The number of halogens is 1. The summed E-state index contributed by atoms with van der Waals surface area (Å²) in [6, 6.07) is 11.6. The minimum Gasteiger partial charge on any atom is -0.495 e. The quantitative estimate of drug-likeness (QED) is 0.907. The van der Waals surface area contributed by atoms with Crippen molar-refractivity contribution in [2.24, 2.45) is 0 Å². The van der Waals surface area contributed by atoms with E-state index < -0.39 is 0 Å². The number of nitrogens with zero attached hydrogens (tertiary/aromatic N) is 1. The van der Waals surface area contributed by atoms with Crippen molar-refractivity contribution in [2.75, 3.05) is 12.4 Å². The number of anilines is 1. The van der Waals surface area contributed by atoms with Gasteiger partial charge in [0.1, 0.15) is 5.75 Å². The van der Waals surface area contributed by atoms with Crippen LogP contribution in [0.4, 0.5) is 5.69 Å². The average Bonchev–Trinajstić information content (AvgIpc) is 2.40. The molecule has 18 heavy (non-hydrogen) atoms. The highest BCUT2D eigenvalue weighted by Gasteiger charge is 2.07. The zero-order valence-electron chi connectivity index (χ0n) is 10.4. The Morgan fingerprint density at radius 1 is 1.28 bits per heavy atom. The Kier molecular flexibility index (Phi) is 4.05. The van der Waals surface area contributed by atoms with Crippen molar-refractivity contribution < 1.29 is 4.74 Å². The van der Waals surface area contributed by atoms with E-state index >= 15 is 0 Å². The highest BCUT2D eigenvalue weighted by Crippen LogP contribution is 2.28. The highest BCUT2D eigenvalue weighted by molar-refractivity contribution is 6.32. The molecule has 0 aliphatic rings. The molecule has 3 nitrogen and oxygen atoms in total. The average molecular weight is 263 g/mol. The van der Waals surface area contributed by atoms with Gasteiger partial charge < -0.3 is 10.1 Å². The highest BCUT2D eigenvalue weighted by atomic mass is 35.5. The largest absolute Gasteiger partial charge is 0.495 e. The number of rotatable bonds is 4. The third kappa shape index (κ3) is 2.93. The second-order valence-electron chi connectivity index (χ2n) is 3.97. The summed E-state index contributed by atoms with van der Waals surface area (Å²) in [4.78, 5) is 4.31. The maximum Gasteiger partial charge on any atom is 0.137 e.